The summed E-state index contributed by atoms with van der Waals surface area (Å²) in [6, 6.07) is 0. The fourth-order valence-corrected chi connectivity index (χ4v) is 3.72. The molecule has 0 aromatic heterocycles. The highest BCUT2D eigenvalue weighted by Gasteiger charge is 2.47. The quantitative estimate of drug-likeness (QED) is 0.487. The highest BCUT2D eigenvalue weighted by atomic mass is 35.5. The minimum atomic E-state index is -4.25. The van der Waals surface area contributed by atoms with Crippen molar-refractivity contribution >= 4 is 33.3 Å². The van der Waals surface area contributed by atoms with Gasteiger partial charge >= 0.3 is 0 Å². The number of hydrogen-bond acceptors (Lipinski definition) is 3. The van der Waals surface area contributed by atoms with Crippen molar-refractivity contribution in [1.29, 1.82) is 0 Å². The van der Waals surface area contributed by atoms with Gasteiger partial charge in [0.05, 0.1) is 17.6 Å². The number of allylic oxidation sites excluding steroid dienone is 3. The van der Waals surface area contributed by atoms with E-state index in [4.69, 9.17) is 32.5 Å². The van der Waals surface area contributed by atoms with Crippen molar-refractivity contribution in [3.05, 3.63) is 23.3 Å². The second-order valence-corrected chi connectivity index (χ2v) is 6.59. The van der Waals surface area contributed by atoms with Gasteiger partial charge in [0.2, 0.25) is 0 Å². The first-order chi connectivity index (χ1) is 7.31. The fraction of sp³-hybridized carbons (Fsp3) is 0.556. The lowest BCUT2D eigenvalue weighted by Crippen LogP contribution is -2.42. The Morgan fingerprint density at radius 2 is 2.25 bits per heavy atom. The van der Waals surface area contributed by atoms with Crippen LogP contribution in [0.3, 0.4) is 0 Å². The molecule has 1 aliphatic carbocycles. The summed E-state index contributed by atoms with van der Waals surface area (Å²) in [5.41, 5.74) is 0. The zero-order valence-corrected chi connectivity index (χ0v) is 10.5. The molecular formula is C9H10Cl2O4S. The summed E-state index contributed by atoms with van der Waals surface area (Å²) < 4.78 is 36.6. The van der Waals surface area contributed by atoms with Crippen LogP contribution in [0.2, 0.25) is 0 Å². The van der Waals surface area contributed by atoms with E-state index in [2.05, 4.69) is 0 Å². The molecule has 1 N–H and O–H groups in total. The molecule has 3 unspecified atom stereocenters. The molecule has 0 aromatic rings. The van der Waals surface area contributed by atoms with Crippen molar-refractivity contribution < 1.29 is 17.7 Å². The van der Waals surface area contributed by atoms with Gasteiger partial charge in [0, 0.05) is 11.5 Å². The Kier molecular flexibility index (Phi) is 3.09. The third-order valence-corrected chi connectivity index (χ3v) is 4.63. The maximum Gasteiger partial charge on any atom is 0.273 e. The van der Waals surface area contributed by atoms with Gasteiger partial charge in [-0.25, -0.2) is 0 Å². The van der Waals surface area contributed by atoms with Gasteiger partial charge in [-0.3, -0.25) is 4.55 Å². The Balaban J connectivity index is 2.32. The molecule has 2 aliphatic rings. The standard InChI is InChI=1S/C9H10Cl2O4S/c10-6-1-2-8(16(12,13)14)9(11,3-6)4-7-5-15-7/h1-3,7-8H,4-5H2,(H,12,13,14). The van der Waals surface area contributed by atoms with E-state index in [1.807, 2.05) is 0 Å². The summed E-state index contributed by atoms with van der Waals surface area (Å²) in [6.07, 6.45) is 4.39. The lowest BCUT2D eigenvalue weighted by atomic mass is 9.94. The molecule has 16 heavy (non-hydrogen) atoms. The second kappa shape index (κ2) is 3.99. The van der Waals surface area contributed by atoms with Gasteiger partial charge in [-0.05, 0) is 12.2 Å². The summed E-state index contributed by atoms with van der Waals surface area (Å²) in [5, 5.41) is -0.830. The maximum absolute atomic E-state index is 11.2. The van der Waals surface area contributed by atoms with Crippen molar-refractivity contribution in [2.75, 3.05) is 6.61 Å². The van der Waals surface area contributed by atoms with E-state index in [-0.39, 0.29) is 6.10 Å². The zero-order valence-electron chi connectivity index (χ0n) is 8.14. The molecule has 2 rings (SSSR count). The average molecular weight is 285 g/mol. The van der Waals surface area contributed by atoms with Gasteiger partial charge in [0.1, 0.15) is 5.25 Å². The minimum Gasteiger partial charge on any atom is -0.373 e. The summed E-state index contributed by atoms with van der Waals surface area (Å²) in [4.78, 5) is -1.24. The molecule has 1 fully saturated rings. The normalized spacial score (nSPS) is 38.3. The van der Waals surface area contributed by atoms with Gasteiger partial charge in [-0.2, -0.15) is 8.42 Å². The lowest BCUT2D eigenvalue weighted by Gasteiger charge is -2.30. The summed E-state index contributed by atoms with van der Waals surface area (Å²) in [6.45, 7) is 0.557. The number of hydrogen-bond donors (Lipinski definition) is 1. The van der Waals surface area contributed by atoms with Crippen molar-refractivity contribution in [3.63, 3.8) is 0 Å². The summed E-state index contributed by atoms with van der Waals surface area (Å²) in [7, 11) is -4.25. The smallest absolute Gasteiger partial charge is 0.273 e. The highest BCUT2D eigenvalue weighted by molar-refractivity contribution is 7.86. The fourth-order valence-electron chi connectivity index (χ4n) is 1.76. The second-order valence-electron chi connectivity index (χ2n) is 3.91. The molecule has 1 aliphatic heterocycles. The largest absolute Gasteiger partial charge is 0.373 e. The molecule has 4 nitrogen and oxygen atoms in total. The summed E-state index contributed by atoms with van der Waals surface area (Å²) >= 11 is 12.0. The summed E-state index contributed by atoms with van der Waals surface area (Å²) in [5.74, 6) is 0. The van der Waals surface area contributed by atoms with E-state index in [1.165, 1.54) is 18.2 Å². The molecule has 0 aromatic carbocycles. The third-order valence-electron chi connectivity index (χ3n) is 2.54. The van der Waals surface area contributed by atoms with E-state index < -0.39 is 20.2 Å². The Hall–Kier alpha value is -0.0700. The van der Waals surface area contributed by atoms with Crippen LogP contribution < -0.4 is 0 Å². The molecule has 0 bridgehead atoms. The average Bonchev–Trinajstić information content (AvgIpc) is 2.84. The Morgan fingerprint density at radius 1 is 1.62 bits per heavy atom. The first kappa shape index (κ1) is 12.4. The van der Waals surface area contributed by atoms with E-state index in [1.54, 1.807) is 0 Å². The van der Waals surface area contributed by atoms with Crippen LogP contribution in [0, 0.1) is 0 Å². The van der Waals surface area contributed by atoms with Gasteiger partial charge < -0.3 is 4.74 Å². The predicted octanol–water partition coefficient (Wildman–Crippen LogP) is 1.70. The minimum absolute atomic E-state index is 0.0611. The van der Waals surface area contributed by atoms with Crippen molar-refractivity contribution in [2.45, 2.75) is 22.6 Å². The number of ether oxygens (including phenoxy) is 1. The van der Waals surface area contributed by atoms with E-state index in [9.17, 15) is 8.42 Å². The van der Waals surface area contributed by atoms with Crippen LogP contribution in [0.25, 0.3) is 0 Å². The zero-order chi connectivity index (χ0) is 12.0. The predicted molar refractivity (Wildman–Crippen MR) is 61.4 cm³/mol. The van der Waals surface area contributed by atoms with E-state index in [0.29, 0.717) is 18.1 Å². The Bertz CT molecular complexity index is 452. The topological polar surface area (TPSA) is 66.9 Å². The molecule has 0 spiro atoms. The van der Waals surface area contributed by atoms with Crippen LogP contribution in [0.5, 0.6) is 0 Å². The first-order valence-corrected chi connectivity index (χ1v) is 6.90. The van der Waals surface area contributed by atoms with Crippen LogP contribution in [0.1, 0.15) is 6.42 Å². The number of epoxide rings is 1. The van der Waals surface area contributed by atoms with Gasteiger partial charge in [-0.1, -0.05) is 17.7 Å². The van der Waals surface area contributed by atoms with Crippen LogP contribution in [0.4, 0.5) is 0 Å². The van der Waals surface area contributed by atoms with Crippen LogP contribution >= 0.6 is 23.2 Å². The van der Waals surface area contributed by atoms with Crippen LogP contribution in [0.15, 0.2) is 23.3 Å². The molecule has 90 valence electrons. The van der Waals surface area contributed by atoms with Crippen molar-refractivity contribution in [2.24, 2.45) is 0 Å². The molecule has 1 saturated heterocycles. The molecular weight excluding hydrogens is 275 g/mol. The molecule has 0 radical (unpaired) electrons. The number of alkyl halides is 1. The highest BCUT2D eigenvalue weighted by Crippen LogP contribution is 2.40. The van der Waals surface area contributed by atoms with Crippen molar-refractivity contribution in [3.8, 4) is 0 Å². The lowest BCUT2D eigenvalue weighted by molar-refractivity contribution is 0.376. The van der Waals surface area contributed by atoms with Crippen molar-refractivity contribution in [1.82, 2.24) is 0 Å². The maximum atomic E-state index is 11.2. The van der Waals surface area contributed by atoms with Crippen LogP contribution in [-0.4, -0.2) is 35.8 Å². The molecule has 3 atom stereocenters. The molecule has 1 heterocycles. The third kappa shape index (κ3) is 2.60. The van der Waals surface area contributed by atoms with E-state index in [0.717, 1.165) is 0 Å². The number of rotatable bonds is 3. The monoisotopic (exact) mass is 284 g/mol. The van der Waals surface area contributed by atoms with Gasteiger partial charge in [0.15, 0.2) is 0 Å². The molecule has 0 saturated carbocycles. The molecule has 7 heteroatoms. The Labute approximate surface area is 104 Å². The Morgan fingerprint density at radius 3 is 2.75 bits per heavy atom. The van der Waals surface area contributed by atoms with Gasteiger partial charge in [-0.15, -0.1) is 11.6 Å². The molecule has 0 amide bonds. The van der Waals surface area contributed by atoms with Crippen LogP contribution in [-0.2, 0) is 14.9 Å². The SMILES string of the molecule is O=S(=O)(O)C1C=CC(Cl)=CC1(Cl)CC1CO1. The van der Waals surface area contributed by atoms with Gasteiger partial charge in [0.25, 0.3) is 10.1 Å². The first-order valence-electron chi connectivity index (χ1n) is 4.65. The van der Waals surface area contributed by atoms with E-state index >= 15 is 0 Å². The number of halogens is 2.